The molecule has 1 N–H and O–H groups in total. The van der Waals surface area contributed by atoms with E-state index in [1.165, 1.54) is 0 Å². The van der Waals surface area contributed by atoms with Crippen molar-refractivity contribution in [2.24, 2.45) is 0 Å². The zero-order valence-electron chi connectivity index (χ0n) is 9.10. The summed E-state index contributed by atoms with van der Waals surface area (Å²) in [7, 11) is 3.87. The van der Waals surface area contributed by atoms with Crippen LogP contribution in [0.1, 0.15) is 18.5 Å². The van der Waals surface area contributed by atoms with E-state index in [9.17, 15) is 4.79 Å². The first-order valence-electron chi connectivity index (χ1n) is 4.94. The molecule has 15 heavy (non-hydrogen) atoms. The minimum absolute atomic E-state index is 0.202. The molecule has 0 atom stereocenters. The van der Waals surface area contributed by atoms with Gasteiger partial charge < -0.3 is 10.0 Å². The summed E-state index contributed by atoms with van der Waals surface area (Å²) in [6.07, 6.45) is 1.56. The van der Waals surface area contributed by atoms with Gasteiger partial charge in [-0.2, -0.15) is 0 Å². The maximum absolute atomic E-state index is 10.3. The first kappa shape index (κ1) is 11.5. The maximum atomic E-state index is 10.3. The second-order valence-electron chi connectivity index (χ2n) is 3.63. The first-order valence-corrected chi connectivity index (χ1v) is 4.94. The van der Waals surface area contributed by atoms with Crippen molar-refractivity contribution in [2.75, 3.05) is 19.0 Å². The zero-order chi connectivity index (χ0) is 11.3. The lowest BCUT2D eigenvalue weighted by Gasteiger charge is -2.11. The fraction of sp³-hybridized carbons (Fsp3) is 0.455. The fourth-order valence-corrected chi connectivity index (χ4v) is 1.28. The molecule has 0 aromatic carbocycles. The smallest absolute Gasteiger partial charge is 0.303 e. The molecule has 0 radical (unpaired) electrons. The Balaban J connectivity index is 2.54. The maximum Gasteiger partial charge on any atom is 0.303 e. The third kappa shape index (κ3) is 3.97. The SMILES string of the molecule is CN(C)c1cccc(CCCC(=O)O)n1. The van der Waals surface area contributed by atoms with Crippen molar-refractivity contribution >= 4 is 11.8 Å². The second-order valence-corrected chi connectivity index (χ2v) is 3.63. The van der Waals surface area contributed by atoms with E-state index < -0.39 is 5.97 Å². The summed E-state index contributed by atoms with van der Waals surface area (Å²) < 4.78 is 0. The number of aliphatic carboxylic acids is 1. The second kappa shape index (κ2) is 5.34. The molecule has 1 heterocycles. The normalized spacial score (nSPS) is 10.0. The number of hydrogen-bond donors (Lipinski definition) is 1. The average molecular weight is 208 g/mol. The van der Waals surface area contributed by atoms with Crippen LogP contribution < -0.4 is 4.90 Å². The molecule has 1 rings (SSSR count). The number of carbonyl (C=O) groups is 1. The Kier molecular flexibility index (Phi) is 4.09. The lowest BCUT2D eigenvalue weighted by molar-refractivity contribution is -0.137. The van der Waals surface area contributed by atoms with E-state index >= 15 is 0 Å². The molecule has 1 aromatic rings. The van der Waals surface area contributed by atoms with E-state index in [2.05, 4.69) is 4.98 Å². The van der Waals surface area contributed by atoms with E-state index in [0.29, 0.717) is 12.8 Å². The molecule has 0 spiro atoms. The number of hydrogen-bond acceptors (Lipinski definition) is 3. The van der Waals surface area contributed by atoms with Gasteiger partial charge in [-0.05, 0) is 25.0 Å². The third-order valence-corrected chi connectivity index (χ3v) is 2.07. The van der Waals surface area contributed by atoms with Crippen molar-refractivity contribution in [3.05, 3.63) is 23.9 Å². The van der Waals surface area contributed by atoms with Crippen LogP contribution in [0, 0.1) is 0 Å². The van der Waals surface area contributed by atoms with Crippen molar-refractivity contribution < 1.29 is 9.90 Å². The number of pyridine rings is 1. The zero-order valence-corrected chi connectivity index (χ0v) is 9.10. The molecule has 0 amide bonds. The molecular formula is C11H16N2O2. The molecule has 1 aromatic heterocycles. The van der Waals surface area contributed by atoms with Crippen molar-refractivity contribution in [3.8, 4) is 0 Å². The van der Waals surface area contributed by atoms with Crippen molar-refractivity contribution in [3.63, 3.8) is 0 Å². The number of aromatic nitrogens is 1. The Morgan fingerprint density at radius 3 is 2.80 bits per heavy atom. The summed E-state index contributed by atoms with van der Waals surface area (Å²) in [6.45, 7) is 0. The fourth-order valence-electron chi connectivity index (χ4n) is 1.28. The lowest BCUT2D eigenvalue weighted by atomic mass is 10.2. The summed E-state index contributed by atoms with van der Waals surface area (Å²) in [4.78, 5) is 16.7. The van der Waals surface area contributed by atoms with Crippen LogP contribution in [0.2, 0.25) is 0 Å². The molecule has 4 nitrogen and oxygen atoms in total. The molecule has 0 unspecified atom stereocenters. The van der Waals surface area contributed by atoms with Crippen molar-refractivity contribution in [1.29, 1.82) is 0 Å². The van der Waals surface area contributed by atoms with Gasteiger partial charge in [0.15, 0.2) is 0 Å². The number of rotatable bonds is 5. The molecular weight excluding hydrogens is 192 g/mol. The number of anilines is 1. The van der Waals surface area contributed by atoms with Crippen molar-refractivity contribution in [1.82, 2.24) is 4.98 Å². The summed E-state index contributed by atoms with van der Waals surface area (Å²) in [5, 5.41) is 8.51. The van der Waals surface area contributed by atoms with Gasteiger partial charge in [-0.3, -0.25) is 4.79 Å². The highest BCUT2D eigenvalue weighted by molar-refractivity contribution is 5.66. The monoisotopic (exact) mass is 208 g/mol. The molecule has 0 fully saturated rings. The molecule has 0 saturated carbocycles. The van der Waals surface area contributed by atoms with Crippen LogP contribution in [-0.4, -0.2) is 30.2 Å². The molecule has 0 saturated heterocycles. The quantitative estimate of drug-likeness (QED) is 0.797. The first-order chi connectivity index (χ1) is 7.09. The van der Waals surface area contributed by atoms with Gasteiger partial charge in [-0.15, -0.1) is 0 Å². The Bertz CT molecular complexity index is 337. The molecule has 0 aliphatic heterocycles. The van der Waals surface area contributed by atoms with Gasteiger partial charge >= 0.3 is 5.97 Å². The van der Waals surface area contributed by atoms with Gasteiger partial charge in [0.25, 0.3) is 0 Å². The van der Waals surface area contributed by atoms with Gasteiger partial charge in [-0.1, -0.05) is 6.07 Å². The standard InChI is InChI=1S/C11H16N2O2/c1-13(2)10-7-3-5-9(12-10)6-4-8-11(14)15/h3,5,7H,4,6,8H2,1-2H3,(H,14,15). The molecule has 0 aliphatic carbocycles. The summed E-state index contributed by atoms with van der Waals surface area (Å²) in [5.41, 5.74) is 0.947. The summed E-state index contributed by atoms with van der Waals surface area (Å²) in [6, 6.07) is 5.80. The van der Waals surface area contributed by atoms with Gasteiger partial charge in [0.05, 0.1) is 0 Å². The van der Waals surface area contributed by atoms with Gasteiger partial charge in [0, 0.05) is 26.2 Å². The van der Waals surface area contributed by atoms with Gasteiger partial charge in [0.1, 0.15) is 5.82 Å². The number of nitrogens with zero attached hydrogens (tertiary/aromatic N) is 2. The largest absolute Gasteiger partial charge is 0.481 e. The Labute approximate surface area is 89.6 Å². The molecule has 0 bridgehead atoms. The average Bonchev–Trinajstić information content (AvgIpc) is 2.17. The van der Waals surface area contributed by atoms with Crippen LogP contribution in [0.5, 0.6) is 0 Å². The Hall–Kier alpha value is -1.58. The predicted octanol–water partition coefficient (Wildman–Crippen LogP) is 1.55. The highest BCUT2D eigenvalue weighted by atomic mass is 16.4. The van der Waals surface area contributed by atoms with Crippen molar-refractivity contribution in [2.45, 2.75) is 19.3 Å². The molecule has 4 heteroatoms. The minimum Gasteiger partial charge on any atom is -0.481 e. The van der Waals surface area contributed by atoms with Crippen LogP contribution in [0.25, 0.3) is 0 Å². The van der Waals surface area contributed by atoms with Crippen LogP contribution in [0.15, 0.2) is 18.2 Å². The van der Waals surface area contributed by atoms with E-state index in [0.717, 1.165) is 11.5 Å². The van der Waals surface area contributed by atoms with Crippen LogP contribution >= 0.6 is 0 Å². The van der Waals surface area contributed by atoms with E-state index in [4.69, 9.17) is 5.11 Å². The lowest BCUT2D eigenvalue weighted by Crippen LogP contribution is -2.11. The van der Waals surface area contributed by atoms with Crippen LogP contribution in [0.3, 0.4) is 0 Å². The predicted molar refractivity (Wildman–Crippen MR) is 59.1 cm³/mol. The highest BCUT2D eigenvalue weighted by Gasteiger charge is 2.01. The molecule has 82 valence electrons. The molecule has 0 aliphatic rings. The highest BCUT2D eigenvalue weighted by Crippen LogP contribution is 2.09. The summed E-state index contributed by atoms with van der Waals surface area (Å²) >= 11 is 0. The Morgan fingerprint density at radius 2 is 2.20 bits per heavy atom. The van der Waals surface area contributed by atoms with E-state index in [1.54, 1.807) is 0 Å². The van der Waals surface area contributed by atoms with E-state index in [1.807, 2.05) is 37.2 Å². The van der Waals surface area contributed by atoms with Crippen LogP contribution in [-0.2, 0) is 11.2 Å². The van der Waals surface area contributed by atoms with Gasteiger partial charge in [0.2, 0.25) is 0 Å². The third-order valence-electron chi connectivity index (χ3n) is 2.07. The van der Waals surface area contributed by atoms with Crippen LogP contribution in [0.4, 0.5) is 5.82 Å². The summed E-state index contributed by atoms with van der Waals surface area (Å²) in [5.74, 6) is 0.154. The van der Waals surface area contributed by atoms with Gasteiger partial charge in [-0.25, -0.2) is 4.98 Å². The Morgan fingerprint density at radius 1 is 1.47 bits per heavy atom. The number of carboxylic acid groups (broad SMARTS) is 1. The van der Waals surface area contributed by atoms with E-state index in [-0.39, 0.29) is 6.42 Å². The number of aryl methyl sites for hydroxylation is 1. The minimum atomic E-state index is -0.751. The topological polar surface area (TPSA) is 53.4 Å². The number of carboxylic acids is 1.